The Morgan fingerprint density at radius 2 is 1.83 bits per heavy atom. The predicted molar refractivity (Wildman–Crippen MR) is 115 cm³/mol. The Labute approximate surface area is 181 Å². The zero-order valence-corrected chi connectivity index (χ0v) is 17.4. The molecule has 0 radical (unpaired) electrons. The standard InChI is InChI=1S/C21H23ClN2O4.ClH/c22-17-6-8-18(9-7-17)24(21(27)16-4-2-1-3-5-16)13-12-23-11-10-19(14-23)28-15-20(25)26;/h1-9,19H,10-15H2,(H,25,26);1H. The first-order valence-electron chi connectivity index (χ1n) is 9.21. The summed E-state index contributed by atoms with van der Waals surface area (Å²) in [4.78, 5) is 27.6. The number of aliphatic carboxylic acids is 1. The normalized spacial score (nSPS) is 16.2. The predicted octanol–water partition coefficient (Wildman–Crippen LogP) is 3.58. The highest BCUT2D eigenvalue weighted by molar-refractivity contribution is 6.30. The zero-order chi connectivity index (χ0) is 19.9. The van der Waals surface area contributed by atoms with Gasteiger partial charge in [0.25, 0.3) is 5.91 Å². The summed E-state index contributed by atoms with van der Waals surface area (Å²) in [7, 11) is 0. The van der Waals surface area contributed by atoms with Crippen LogP contribution in [0, 0.1) is 0 Å². The van der Waals surface area contributed by atoms with Crippen LogP contribution in [0.3, 0.4) is 0 Å². The van der Waals surface area contributed by atoms with Crippen molar-refractivity contribution >= 4 is 41.6 Å². The first-order valence-corrected chi connectivity index (χ1v) is 9.59. The number of carbonyl (C=O) groups excluding carboxylic acids is 1. The Balaban J connectivity index is 0.00000300. The second-order valence-corrected chi connectivity index (χ2v) is 7.15. The van der Waals surface area contributed by atoms with Gasteiger partial charge in [0.05, 0.1) is 6.10 Å². The molecule has 0 bridgehead atoms. The van der Waals surface area contributed by atoms with E-state index in [0.717, 1.165) is 18.7 Å². The molecule has 1 amide bonds. The number of benzene rings is 2. The monoisotopic (exact) mass is 438 g/mol. The van der Waals surface area contributed by atoms with Crippen LogP contribution in [-0.4, -0.2) is 60.8 Å². The number of halogens is 2. The van der Waals surface area contributed by atoms with Gasteiger partial charge in [-0.2, -0.15) is 0 Å². The Morgan fingerprint density at radius 3 is 2.48 bits per heavy atom. The highest BCUT2D eigenvalue weighted by atomic mass is 35.5. The Morgan fingerprint density at radius 1 is 1.14 bits per heavy atom. The van der Waals surface area contributed by atoms with Gasteiger partial charge in [0.2, 0.25) is 0 Å². The Bertz CT molecular complexity index is 802. The highest BCUT2D eigenvalue weighted by Crippen LogP contribution is 2.21. The van der Waals surface area contributed by atoms with Gasteiger partial charge in [-0.15, -0.1) is 12.4 Å². The fourth-order valence-electron chi connectivity index (χ4n) is 3.27. The molecule has 2 aromatic rings. The molecule has 0 aliphatic carbocycles. The van der Waals surface area contributed by atoms with E-state index in [1.807, 2.05) is 30.3 Å². The maximum atomic E-state index is 13.1. The summed E-state index contributed by atoms with van der Waals surface area (Å²) < 4.78 is 5.38. The van der Waals surface area contributed by atoms with Gasteiger partial charge < -0.3 is 14.7 Å². The number of carbonyl (C=O) groups is 2. The van der Waals surface area contributed by atoms with Crippen molar-refractivity contribution in [3.05, 3.63) is 65.2 Å². The molecule has 1 unspecified atom stereocenters. The molecular formula is C21H24Cl2N2O4. The second kappa shape index (κ2) is 11.2. The summed E-state index contributed by atoms with van der Waals surface area (Å²) in [5.74, 6) is -1.03. The van der Waals surface area contributed by atoms with E-state index in [0.29, 0.717) is 30.2 Å². The number of amides is 1. The highest BCUT2D eigenvalue weighted by Gasteiger charge is 2.25. The van der Waals surface area contributed by atoms with Crippen LogP contribution in [0.5, 0.6) is 0 Å². The lowest BCUT2D eigenvalue weighted by atomic mass is 10.1. The van der Waals surface area contributed by atoms with Crippen molar-refractivity contribution in [3.63, 3.8) is 0 Å². The van der Waals surface area contributed by atoms with Crippen molar-refractivity contribution < 1.29 is 19.4 Å². The third-order valence-corrected chi connectivity index (χ3v) is 4.97. The van der Waals surface area contributed by atoms with Crippen LogP contribution in [0.2, 0.25) is 5.02 Å². The van der Waals surface area contributed by atoms with E-state index in [4.69, 9.17) is 21.4 Å². The fourth-order valence-corrected chi connectivity index (χ4v) is 3.40. The molecule has 0 spiro atoms. The van der Waals surface area contributed by atoms with E-state index >= 15 is 0 Å². The first-order chi connectivity index (χ1) is 13.5. The summed E-state index contributed by atoms with van der Waals surface area (Å²) in [6.07, 6.45) is 0.714. The molecule has 0 aromatic heterocycles. The van der Waals surface area contributed by atoms with E-state index in [9.17, 15) is 9.59 Å². The molecule has 0 saturated carbocycles. The third kappa shape index (κ3) is 6.72. The summed E-state index contributed by atoms with van der Waals surface area (Å²) in [5, 5.41) is 9.36. The number of ether oxygens (including phenoxy) is 1. The van der Waals surface area contributed by atoms with Crippen LogP contribution in [-0.2, 0) is 9.53 Å². The third-order valence-electron chi connectivity index (χ3n) is 4.72. The number of nitrogens with zero attached hydrogens (tertiary/aromatic N) is 2. The number of carboxylic acids is 1. The first kappa shape index (κ1) is 23.2. The molecule has 1 atom stereocenters. The summed E-state index contributed by atoms with van der Waals surface area (Å²) in [6.45, 7) is 2.40. The molecule has 6 nitrogen and oxygen atoms in total. The van der Waals surface area contributed by atoms with Gasteiger partial charge in [0.15, 0.2) is 0 Å². The summed E-state index contributed by atoms with van der Waals surface area (Å²) in [5.41, 5.74) is 1.41. The minimum Gasteiger partial charge on any atom is -0.480 e. The average molecular weight is 439 g/mol. The fraction of sp³-hybridized carbons (Fsp3) is 0.333. The largest absolute Gasteiger partial charge is 0.480 e. The zero-order valence-electron chi connectivity index (χ0n) is 15.9. The SMILES string of the molecule is Cl.O=C(O)COC1CCN(CCN(C(=O)c2ccccc2)c2ccc(Cl)cc2)C1. The molecule has 3 rings (SSSR count). The number of likely N-dealkylation sites (tertiary alicyclic amines) is 1. The van der Waals surface area contributed by atoms with Gasteiger partial charge in [0.1, 0.15) is 6.61 Å². The molecule has 2 aromatic carbocycles. The molecule has 1 heterocycles. The Kier molecular flexibility index (Phi) is 8.92. The quantitative estimate of drug-likeness (QED) is 0.681. The lowest BCUT2D eigenvalue weighted by molar-refractivity contribution is -0.144. The molecule has 8 heteroatoms. The molecule has 1 aliphatic rings. The molecule has 1 aliphatic heterocycles. The van der Waals surface area contributed by atoms with Crippen LogP contribution in [0.1, 0.15) is 16.8 Å². The van der Waals surface area contributed by atoms with Crippen LogP contribution in [0.4, 0.5) is 5.69 Å². The van der Waals surface area contributed by atoms with Gasteiger partial charge in [0, 0.05) is 42.5 Å². The average Bonchev–Trinajstić information content (AvgIpc) is 3.16. The topological polar surface area (TPSA) is 70.1 Å². The minimum atomic E-state index is -0.958. The van der Waals surface area contributed by atoms with Crippen LogP contribution in [0.15, 0.2) is 54.6 Å². The van der Waals surface area contributed by atoms with Crippen LogP contribution >= 0.6 is 24.0 Å². The Hall–Kier alpha value is -2.12. The van der Waals surface area contributed by atoms with E-state index in [1.165, 1.54) is 0 Å². The number of rotatable bonds is 8. The van der Waals surface area contributed by atoms with Crippen molar-refractivity contribution in [1.29, 1.82) is 0 Å². The summed E-state index contributed by atoms with van der Waals surface area (Å²) >= 11 is 5.99. The van der Waals surface area contributed by atoms with Gasteiger partial charge >= 0.3 is 5.97 Å². The van der Waals surface area contributed by atoms with Gasteiger partial charge in [-0.3, -0.25) is 9.69 Å². The number of hydrogen-bond donors (Lipinski definition) is 1. The maximum Gasteiger partial charge on any atom is 0.329 e. The van der Waals surface area contributed by atoms with Gasteiger partial charge in [-0.1, -0.05) is 29.8 Å². The van der Waals surface area contributed by atoms with Gasteiger partial charge in [-0.05, 0) is 42.8 Å². The van der Waals surface area contributed by atoms with Crippen molar-refractivity contribution in [3.8, 4) is 0 Å². The number of anilines is 1. The molecule has 29 heavy (non-hydrogen) atoms. The molecule has 1 N–H and O–H groups in total. The second-order valence-electron chi connectivity index (χ2n) is 6.72. The van der Waals surface area contributed by atoms with Gasteiger partial charge in [-0.25, -0.2) is 4.79 Å². The van der Waals surface area contributed by atoms with Crippen molar-refractivity contribution in [1.82, 2.24) is 4.90 Å². The van der Waals surface area contributed by atoms with Crippen molar-refractivity contribution in [2.75, 3.05) is 37.7 Å². The van der Waals surface area contributed by atoms with E-state index in [-0.39, 0.29) is 31.0 Å². The van der Waals surface area contributed by atoms with E-state index < -0.39 is 5.97 Å². The van der Waals surface area contributed by atoms with Crippen LogP contribution in [0.25, 0.3) is 0 Å². The smallest absolute Gasteiger partial charge is 0.329 e. The lowest BCUT2D eigenvalue weighted by Crippen LogP contribution is -2.38. The molecule has 1 saturated heterocycles. The number of carboxylic acid groups (broad SMARTS) is 1. The lowest BCUT2D eigenvalue weighted by Gasteiger charge is -2.26. The van der Waals surface area contributed by atoms with E-state index in [1.54, 1.807) is 29.2 Å². The number of hydrogen-bond acceptors (Lipinski definition) is 4. The molecule has 1 fully saturated rings. The van der Waals surface area contributed by atoms with Crippen molar-refractivity contribution in [2.24, 2.45) is 0 Å². The summed E-state index contributed by atoms with van der Waals surface area (Å²) in [6, 6.07) is 16.4. The minimum absolute atomic E-state index is 0. The van der Waals surface area contributed by atoms with Crippen molar-refractivity contribution in [2.45, 2.75) is 12.5 Å². The molecular weight excluding hydrogens is 415 g/mol. The maximum absolute atomic E-state index is 13.1. The van der Waals surface area contributed by atoms with Crippen LogP contribution < -0.4 is 4.90 Å². The van der Waals surface area contributed by atoms with E-state index in [2.05, 4.69) is 4.90 Å². The molecule has 156 valence electrons.